The lowest BCUT2D eigenvalue weighted by molar-refractivity contribution is -0.118. The highest BCUT2D eigenvalue weighted by Gasteiger charge is 1.85. The number of hydrogen-bond donors (Lipinski definition) is 1. The fourth-order valence-electron chi connectivity index (χ4n) is 0.976. The van der Waals surface area contributed by atoms with Crippen LogP contribution >= 0.6 is 0 Å². The normalized spacial score (nSPS) is 7.38. The van der Waals surface area contributed by atoms with Crippen molar-refractivity contribution >= 4 is 5.91 Å². The fourth-order valence-corrected chi connectivity index (χ4v) is 0.976. The summed E-state index contributed by atoms with van der Waals surface area (Å²) < 4.78 is 0. The van der Waals surface area contributed by atoms with Crippen molar-refractivity contribution < 1.29 is 4.79 Å². The number of carbonyl (C=O) groups excluding carboxylic acids is 1. The Bertz CT molecular complexity index is 270. The van der Waals surface area contributed by atoms with Crippen LogP contribution in [0.3, 0.4) is 0 Å². The van der Waals surface area contributed by atoms with Crippen molar-refractivity contribution in [2.45, 2.75) is 75.2 Å². The highest BCUT2D eigenvalue weighted by atomic mass is 16.1. The van der Waals surface area contributed by atoms with Crippen LogP contribution in [0.1, 0.15) is 73.8 Å². The standard InChI is InChI=1S/C7H8.C6H13NO.C3H8.C2H6.CH4/c1-7-5-3-2-4-6-7;1-3-4-5-7-6(2)8;1-3-2;1-2;/h2-6H,1H3;3-5H2,1-2H3,(H,7,8);3H2,1-2H3;1-2H3;1H4. The first kappa shape index (κ1) is 27.9. The molecule has 0 aromatic heterocycles. The Balaban J connectivity index is -0.000000102. The maximum absolute atomic E-state index is 10.2. The molecular weight excluding hydrogens is 258 g/mol. The van der Waals surface area contributed by atoms with Gasteiger partial charge >= 0.3 is 0 Å². The summed E-state index contributed by atoms with van der Waals surface area (Å²) >= 11 is 0. The van der Waals surface area contributed by atoms with Gasteiger partial charge in [0.2, 0.25) is 5.91 Å². The van der Waals surface area contributed by atoms with Gasteiger partial charge in [-0.1, -0.05) is 90.8 Å². The Kier molecular flexibility index (Phi) is 36.1. The highest BCUT2D eigenvalue weighted by Crippen LogP contribution is 1.92. The van der Waals surface area contributed by atoms with E-state index in [1.165, 1.54) is 18.9 Å². The van der Waals surface area contributed by atoms with E-state index in [0.717, 1.165) is 19.4 Å². The van der Waals surface area contributed by atoms with Gasteiger partial charge in [0.1, 0.15) is 0 Å². The average Bonchev–Trinajstić information content (AvgIpc) is 2.43. The van der Waals surface area contributed by atoms with Crippen molar-refractivity contribution in [3.63, 3.8) is 0 Å². The van der Waals surface area contributed by atoms with Crippen molar-refractivity contribution in [2.75, 3.05) is 6.54 Å². The monoisotopic (exact) mass is 297 g/mol. The Hall–Kier alpha value is -1.31. The summed E-state index contributed by atoms with van der Waals surface area (Å²) in [4.78, 5) is 10.2. The van der Waals surface area contributed by atoms with Crippen LogP contribution in [0, 0.1) is 6.92 Å². The molecule has 126 valence electrons. The second-order valence-corrected chi connectivity index (χ2v) is 4.20. The predicted octanol–water partition coefficient (Wildman–Crippen LogP) is 6.00. The number of benzene rings is 1. The molecule has 2 nitrogen and oxygen atoms in total. The lowest BCUT2D eigenvalue weighted by Gasteiger charge is -1.96. The molecule has 1 aromatic rings. The van der Waals surface area contributed by atoms with Crippen LogP contribution in [0.5, 0.6) is 0 Å². The van der Waals surface area contributed by atoms with Gasteiger partial charge in [-0.05, 0) is 13.3 Å². The molecule has 0 spiro atoms. The van der Waals surface area contributed by atoms with E-state index in [1.54, 1.807) is 0 Å². The van der Waals surface area contributed by atoms with Crippen LogP contribution in [0.4, 0.5) is 0 Å². The van der Waals surface area contributed by atoms with Crippen LogP contribution in [-0.2, 0) is 4.79 Å². The molecule has 1 N–H and O–H groups in total. The van der Waals surface area contributed by atoms with E-state index in [-0.39, 0.29) is 13.3 Å². The maximum Gasteiger partial charge on any atom is 0.216 e. The van der Waals surface area contributed by atoms with Gasteiger partial charge in [0, 0.05) is 13.5 Å². The Morgan fingerprint density at radius 3 is 1.71 bits per heavy atom. The first-order valence-electron chi connectivity index (χ1n) is 7.84. The second kappa shape index (κ2) is 27.1. The number of carbonyl (C=O) groups is 1. The molecule has 0 aliphatic rings. The molecule has 1 rings (SSSR count). The summed E-state index contributed by atoms with van der Waals surface area (Å²) in [5, 5.41) is 2.71. The molecule has 0 bridgehead atoms. The van der Waals surface area contributed by atoms with Crippen LogP contribution in [0.15, 0.2) is 30.3 Å². The van der Waals surface area contributed by atoms with E-state index in [9.17, 15) is 4.79 Å². The summed E-state index contributed by atoms with van der Waals surface area (Å²) in [6, 6.07) is 10.3. The van der Waals surface area contributed by atoms with Crippen LogP contribution in [-0.4, -0.2) is 12.5 Å². The van der Waals surface area contributed by atoms with E-state index in [2.05, 4.69) is 45.1 Å². The zero-order chi connectivity index (χ0) is 16.2. The smallest absolute Gasteiger partial charge is 0.216 e. The molecule has 2 heteroatoms. The van der Waals surface area contributed by atoms with E-state index in [1.807, 2.05) is 32.0 Å². The minimum Gasteiger partial charge on any atom is -0.356 e. The Labute approximate surface area is 134 Å². The van der Waals surface area contributed by atoms with Crippen LogP contribution < -0.4 is 5.32 Å². The molecule has 0 radical (unpaired) electrons. The van der Waals surface area contributed by atoms with Gasteiger partial charge in [0.15, 0.2) is 0 Å². The molecule has 0 unspecified atom stereocenters. The lowest BCUT2D eigenvalue weighted by Crippen LogP contribution is -2.20. The third-order valence-corrected chi connectivity index (χ3v) is 1.84. The molecule has 1 amide bonds. The van der Waals surface area contributed by atoms with Crippen LogP contribution in [0.2, 0.25) is 0 Å². The van der Waals surface area contributed by atoms with Gasteiger partial charge in [-0.2, -0.15) is 0 Å². The summed E-state index contributed by atoms with van der Waals surface area (Å²) in [5.74, 6) is 0.0680. The number of unbranched alkanes of at least 4 members (excludes halogenated alkanes) is 1. The average molecular weight is 298 g/mol. The molecule has 0 saturated carbocycles. The largest absolute Gasteiger partial charge is 0.356 e. The molecule has 1 aromatic carbocycles. The molecule has 0 fully saturated rings. The number of rotatable bonds is 3. The van der Waals surface area contributed by atoms with Gasteiger partial charge in [-0.3, -0.25) is 4.79 Å². The van der Waals surface area contributed by atoms with Gasteiger partial charge in [0.05, 0.1) is 0 Å². The van der Waals surface area contributed by atoms with Gasteiger partial charge in [-0.25, -0.2) is 0 Å². The molecule has 0 atom stereocenters. The zero-order valence-corrected chi connectivity index (χ0v) is 14.6. The third kappa shape index (κ3) is 38.1. The lowest BCUT2D eigenvalue weighted by atomic mass is 10.2. The van der Waals surface area contributed by atoms with Crippen molar-refractivity contribution in [1.82, 2.24) is 5.32 Å². The zero-order valence-electron chi connectivity index (χ0n) is 14.6. The van der Waals surface area contributed by atoms with Gasteiger partial charge in [-0.15, -0.1) is 0 Å². The number of amides is 1. The predicted molar refractivity (Wildman–Crippen MR) is 98.8 cm³/mol. The maximum atomic E-state index is 10.2. The molecule has 0 aliphatic heterocycles. The molecular formula is C19H39NO. The molecule has 0 aliphatic carbocycles. The van der Waals surface area contributed by atoms with E-state index < -0.39 is 0 Å². The Morgan fingerprint density at radius 1 is 1.05 bits per heavy atom. The van der Waals surface area contributed by atoms with Gasteiger partial charge in [0.25, 0.3) is 0 Å². The highest BCUT2D eigenvalue weighted by molar-refractivity contribution is 5.72. The van der Waals surface area contributed by atoms with Crippen molar-refractivity contribution in [1.29, 1.82) is 0 Å². The van der Waals surface area contributed by atoms with Crippen LogP contribution in [0.25, 0.3) is 0 Å². The minimum absolute atomic E-state index is 0. The first-order valence-corrected chi connectivity index (χ1v) is 7.84. The van der Waals surface area contributed by atoms with E-state index >= 15 is 0 Å². The fraction of sp³-hybridized carbons (Fsp3) is 0.632. The van der Waals surface area contributed by atoms with E-state index in [0.29, 0.717) is 0 Å². The van der Waals surface area contributed by atoms with Gasteiger partial charge < -0.3 is 5.32 Å². The Morgan fingerprint density at radius 2 is 1.48 bits per heavy atom. The topological polar surface area (TPSA) is 29.1 Å². The number of nitrogens with one attached hydrogen (secondary N) is 1. The minimum atomic E-state index is 0. The van der Waals surface area contributed by atoms with Crippen molar-refractivity contribution in [2.24, 2.45) is 0 Å². The SMILES string of the molecule is C.CC.CCC.CCCCNC(C)=O.Cc1ccccc1. The molecule has 21 heavy (non-hydrogen) atoms. The summed E-state index contributed by atoms with van der Waals surface area (Å²) in [6.45, 7) is 14.8. The number of hydrogen-bond acceptors (Lipinski definition) is 1. The first-order chi connectivity index (χ1) is 9.58. The van der Waals surface area contributed by atoms with Crippen molar-refractivity contribution in [3.8, 4) is 0 Å². The summed E-state index contributed by atoms with van der Waals surface area (Å²) in [5.41, 5.74) is 1.32. The second-order valence-electron chi connectivity index (χ2n) is 4.20. The van der Waals surface area contributed by atoms with Crippen molar-refractivity contribution in [3.05, 3.63) is 35.9 Å². The van der Waals surface area contributed by atoms with E-state index in [4.69, 9.17) is 0 Å². The summed E-state index contributed by atoms with van der Waals surface area (Å²) in [7, 11) is 0. The quantitative estimate of drug-likeness (QED) is 0.681. The third-order valence-electron chi connectivity index (χ3n) is 1.84. The number of aryl methyl sites for hydroxylation is 1. The molecule has 0 heterocycles. The molecule has 0 saturated heterocycles. The summed E-state index contributed by atoms with van der Waals surface area (Å²) in [6.07, 6.45) is 3.47.